The first-order valence-electron chi connectivity index (χ1n) is 9.07. The minimum atomic E-state index is -2.03. The number of rotatable bonds is 5. The van der Waals surface area contributed by atoms with Gasteiger partial charge in [-0.15, -0.1) is 0 Å². The zero-order valence-electron chi connectivity index (χ0n) is 15.3. The third-order valence-electron chi connectivity index (χ3n) is 5.13. The van der Waals surface area contributed by atoms with Crippen LogP contribution in [0.1, 0.15) is 27.9 Å². The van der Waals surface area contributed by atoms with Gasteiger partial charge in [0.05, 0.1) is 18.7 Å². The fourth-order valence-electron chi connectivity index (χ4n) is 3.63. The summed E-state index contributed by atoms with van der Waals surface area (Å²) in [7, 11) is 0. The molecule has 146 valence electrons. The average Bonchev–Trinajstić information content (AvgIpc) is 2.93. The average molecular weight is 410 g/mol. The molecule has 4 nitrogen and oxygen atoms in total. The van der Waals surface area contributed by atoms with Crippen LogP contribution in [0.5, 0.6) is 0 Å². The normalized spacial score (nSPS) is 18.0. The quantitative estimate of drug-likeness (QED) is 0.632. The number of benzene rings is 3. The summed E-state index contributed by atoms with van der Waals surface area (Å²) in [4.78, 5) is 27.2. The van der Waals surface area contributed by atoms with E-state index in [0.717, 1.165) is 0 Å². The van der Waals surface area contributed by atoms with Crippen molar-refractivity contribution < 1.29 is 19.1 Å². The van der Waals surface area contributed by atoms with Crippen molar-refractivity contribution in [2.24, 2.45) is 0 Å². The maximum absolute atomic E-state index is 14.3. The van der Waals surface area contributed by atoms with Crippen LogP contribution in [0, 0.1) is 5.82 Å². The minimum absolute atomic E-state index is 0.149. The molecule has 1 aliphatic rings. The highest BCUT2D eigenvalue weighted by molar-refractivity contribution is 6.31. The standard InChI is InChI=1S/C23H17ClFNO3/c24-18-10-6-11-19(25)16(18)14-26-20-12-5-4-9-17(20)23(29,22(26)28)13-21(27)15-7-2-1-3-8-15/h1-12,29H,13-14H2/t23-/m0/s1. The highest BCUT2D eigenvalue weighted by atomic mass is 35.5. The highest BCUT2D eigenvalue weighted by Gasteiger charge is 2.51. The first kappa shape index (κ1) is 19.3. The van der Waals surface area contributed by atoms with Crippen molar-refractivity contribution >= 4 is 29.0 Å². The van der Waals surface area contributed by atoms with E-state index >= 15 is 0 Å². The molecule has 6 heteroatoms. The van der Waals surface area contributed by atoms with E-state index < -0.39 is 23.7 Å². The number of carbonyl (C=O) groups excluding carboxylic acids is 2. The van der Waals surface area contributed by atoms with Crippen LogP contribution < -0.4 is 4.90 Å². The Kier molecular flexibility index (Phi) is 4.94. The van der Waals surface area contributed by atoms with Crippen LogP contribution in [0.4, 0.5) is 10.1 Å². The molecule has 29 heavy (non-hydrogen) atoms. The molecule has 1 atom stereocenters. The molecule has 0 fully saturated rings. The van der Waals surface area contributed by atoms with Gasteiger partial charge in [-0.05, 0) is 18.2 Å². The van der Waals surface area contributed by atoms with E-state index in [0.29, 0.717) is 16.8 Å². The van der Waals surface area contributed by atoms with Crippen molar-refractivity contribution in [2.45, 2.75) is 18.6 Å². The third kappa shape index (κ3) is 3.33. The summed E-state index contributed by atoms with van der Waals surface area (Å²) in [5.74, 6) is -1.58. The van der Waals surface area contributed by atoms with Crippen LogP contribution in [0.3, 0.4) is 0 Å². The topological polar surface area (TPSA) is 57.6 Å². The van der Waals surface area contributed by atoms with Gasteiger partial charge in [0.25, 0.3) is 5.91 Å². The number of carbonyl (C=O) groups is 2. The molecule has 0 bridgehead atoms. The largest absolute Gasteiger partial charge is 0.375 e. The summed E-state index contributed by atoms with van der Waals surface area (Å²) in [6, 6.07) is 19.4. The number of nitrogens with zero attached hydrogens (tertiary/aromatic N) is 1. The van der Waals surface area contributed by atoms with Gasteiger partial charge in [-0.2, -0.15) is 0 Å². The van der Waals surface area contributed by atoms with E-state index in [1.54, 1.807) is 54.6 Å². The Morgan fingerprint density at radius 2 is 1.69 bits per heavy atom. The molecule has 0 aliphatic carbocycles. The number of hydrogen-bond donors (Lipinski definition) is 1. The first-order valence-corrected chi connectivity index (χ1v) is 9.44. The maximum atomic E-state index is 14.3. The molecule has 0 spiro atoms. The number of Topliss-reactive ketones (excluding diaryl/α,β-unsaturated/α-hetero) is 1. The molecule has 0 aromatic heterocycles. The molecular formula is C23H17ClFNO3. The lowest BCUT2D eigenvalue weighted by Crippen LogP contribution is -2.41. The van der Waals surface area contributed by atoms with Crippen LogP contribution in [-0.4, -0.2) is 16.8 Å². The molecule has 0 saturated carbocycles. The molecule has 1 heterocycles. The monoisotopic (exact) mass is 409 g/mol. The number of amides is 1. The SMILES string of the molecule is O=C(C[C@@]1(O)C(=O)N(Cc2c(F)cccc2Cl)c2ccccc21)c1ccccc1. The van der Waals surface area contributed by atoms with Crippen LogP contribution >= 0.6 is 11.6 Å². The summed E-state index contributed by atoms with van der Waals surface area (Å²) in [6.07, 6.45) is -0.408. The van der Waals surface area contributed by atoms with Gasteiger partial charge in [0.1, 0.15) is 5.82 Å². The van der Waals surface area contributed by atoms with Crippen molar-refractivity contribution in [3.63, 3.8) is 0 Å². The second-order valence-corrected chi connectivity index (χ2v) is 7.34. The summed E-state index contributed by atoms with van der Waals surface area (Å²) in [5, 5.41) is 11.5. The minimum Gasteiger partial charge on any atom is -0.375 e. The van der Waals surface area contributed by atoms with Gasteiger partial charge in [-0.3, -0.25) is 9.59 Å². The van der Waals surface area contributed by atoms with E-state index in [4.69, 9.17) is 11.6 Å². The molecule has 1 aliphatic heterocycles. The molecule has 4 rings (SSSR count). The summed E-state index contributed by atoms with van der Waals surface area (Å²) < 4.78 is 14.3. The Morgan fingerprint density at radius 1 is 1.00 bits per heavy atom. The molecule has 0 saturated heterocycles. The van der Waals surface area contributed by atoms with Crippen LogP contribution in [0.2, 0.25) is 5.02 Å². The zero-order valence-corrected chi connectivity index (χ0v) is 16.1. The first-order chi connectivity index (χ1) is 13.9. The van der Waals surface area contributed by atoms with Gasteiger partial charge < -0.3 is 10.0 Å². The van der Waals surface area contributed by atoms with E-state index in [1.807, 2.05) is 0 Å². The maximum Gasteiger partial charge on any atom is 0.264 e. The lowest BCUT2D eigenvalue weighted by Gasteiger charge is -2.23. The van der Waals surface area contributed by atoms with Crippen molar-refractivity contribution in [3.05, 3.63) is 100 Å². The van der Waals surface area contributed by atoms with Crippen LogP contribution in [0.25, 0.3) is 0 Å². The smallest absolute Gasteiger partial charge is 0.264 e. The Balaban J connectivity index is 1.72. The fourth-order valence-corrected chi connectivity index (χ4v) is 3.86. The molecule has 0 unspecified atom stereocenters. The number of hydrogen-bond acceptors (Lipinski definition) is 3. The number of halogens is 2. The second kappa shape index (κ2) is 7.43. The Bertz CT molecular complexity index is 1080. The Morgan fingerprint density at radius 3 is 2.41 bits per heavy atom. The van der Waals surface area contributed by atoms with Crippen LogP contribution in [-0.2, 0) is 16.9 Å². The van der Waals surface area contributed by atoms with Gasteiger partial charge in [0.15, 0.2) is 11.4 Å². The van der Waals surface area contributed by atoms with Crippen LogP contribution in [0.15, 0.2) is 72.8 Å². The zero-order chi connectivity index (χ0) is 20.6. The lowest BCUT2D eigenvalue weighted by molar-refractivity contribution is -0.136. The molecule has 0 radical (unpaired) electrons. The van der Waals surface area contributed by atoms with Gasteiger partial charge in [0.2, 0.25) is 0 Å². The number of anilines is 1. The molecule has 1 amide bonds. The van der Waals surface area contributed by atoms with E-state index in [9.17, 15) is 19.1 Å². The van der Waals surface area contributed by atoms with E-state index in [2.05, 4.69) is 0 Å². The predicted octanol–water partition coefficient (Wildman–Crippen LogP) is 4.49. The summed E-state index contributed by atoms with van der Waals surface area (Å²) in [5.41, 5.74) is -0.721. The molecule has 1 N–H and O–H groups in total. The molecule has 3 aromatic rings. The van der Waals surface area contributed by atoms with Gasteiger partial charge in [0, 0.05) is 21.7 Å². The predicted molar refractivity (Wildman–Crippen MR) is 108 cm³/mol. The fraction of sp³-hybridized carbons (Fsp3) is 0.130. The van der Waals surface area contributed by atoms with Crippen molar-refractivity contribution in [1.29, 1.82) is 0 Å². The Hall–Kier alpha value is -3.02. The van der Waals surface area contributed by atoms with E-state index in [1.165, 1.54) is 23.1 Å². The van der Waals surface area contributed by atoms with Gasteiger partial charge >= 0.3 is 0 Å². The molecule has 3 aromatic carbocycles. The van der Waals surface area contributed by atoms with Gasteiger partial charge in [-0.1, -0.05) is 66.2 Å². The number of ketones is 1. The number of para-hydroxylation sites is 1. The number of fused-ring (bicyclic) bond motifs is 1. The summed E-state index contributed by atoms with van der Waals surface area (Å²) >= 11 is 6.12. The summed E-state index contributed by atoms with van der Waals surface area (Å²) in [6.45, 7) is -0.150. The van der Waals surface area contributed by atoms with Crippen molar-refractivity contribution in [2.75, 3.05) is 4.90 Å². The Labute approximate surface area is 172 Å². The molecular weight excluding hydrogens is 393 g/mol. The lowest BCUT2D eigenvalue weighted by atomic mass is 9.88. The number of aliphatic hydroxyl groups is 1. The van der Waals surface area contributed by atoms with Crippen molar-refractivity contribution in [3.8, 4) is 0 Å². The highest BCUT2D eigenvalue weighted by Crippen LogP contribution is 2.44. The second-order valence-electron chi connectivity index (χ2n) is 6.93. The van der Waals surface area contributed by atoms with Crippen molar-refractivity contribution in [1.82, 2.24) is 0 Å². The van der Waals surface area contributed by atoms with Gasteiger partial charge in [-0.25, -0.2) is 4.39 Å². The third-order valence-corrected chi connectivity index (χ3v) is 5.48. The van der Waals surface area contributed by atoms with E-state index in [-0.39, 0.29) is 22.9 Å².